The predicted molar refractivity (Wildman–Crippen MR) is 52.9 cm³/mol. The monoisotopic (exact) mass is 171 g/mol. The Morgan fingerprint density at radius 2 is 2.09 bits per heavy atom. The fourth-order valence-electron chi connectivity index (χ4n) is 1.35. The molecule has 0 atom stereocenters. The van der Waals surface area contributed by atoms with Crippen molar-refractivity contribution in [3.05, 3.63) is 12.2 Å². The van der Waals surface area contributed by atoms with E-state index in [2.05, 4.69) is 6.58 Å². The largest absolute Gasteiger partial charge is 0.327 e. The summed E-state index contributed by atoms with van der Waals surface area (Å²) in [5, 5.41) is 0.901. The van der Waals surface area contributed by atoms with E-state index in [4.69, 9.17) is 5.73 Å². The van der Waals surface area contributed by atoms with E-state index in [1.807, 2.05) is 11.8 Å². The minimum Gasteiger partial charge on any atom is -0.327 e. The molecule has 0 heterocycles. The van der Waals surface area contributed by atoms with Gasteiger partial charge in [0.1, 0.15) is 0 Å². The Hall–Kier alpha value is 0.0500. The summed E-state index contributed by atoms with van der Waals surface area (Å²) in [6, 6.07) is 0. The second-order valence-electron chi connectivity index (χ2n) is 3.17. The lowest BCUT2D eigenvalue weighted by Gasteiger charge is -2.08. The number of nitrogens with two attached hydrogens (primary N) is 1. The fourth-order valence-corrected chi connectivity index (χ4v) is 2.61. The summed E-state index contributed by atoms with van der Waals surface area (Å²) in [5.74, 6) is 1.07. The van der Waals surface area contributed by atoms with Gasteiger partial charge in [0.15, 0.2) is 0 Å². The van der Waals surface area contributed by atoms with Crippen LogP contribution in [0.25, 0.3) is 0 Å². The van der Waals surface area contributed by atoms with Gasteiger partial charge >= 0.3 is 0 Å². The minimum atomic E-state index is 0.652. The molecule has 0 aromatic rings. The standard InChI is InChI=1S/C9H17NS/c1-8(6-10)7-11-9-4-2-3-5-9/h9H,1-7,10H2. The maximum absolute atomic E-state index is 5.44. The molecule has 1 aliphatic rings. The first-order valence-electron chi connectivity index (χ1n) is 4.31. The van der Waals surface area contributed by atoms with Gasteiger partial charge in [-0.25, -0.2) is 0 Å². The summed E-state index contributed by atoms with van der Waals surface area (Å²) >= 11 is 2.04. The van der Waals surface area contributed by atoms with Gasteiger partial charge < -0.3 is 5.73 Å². The van der Waals surface area contributed by atoms with E-state index in [0.717, 1.165) is 11.0 Å². The molecule has 0 aromatic heterocycles. The molecule has 0 bridgehead atoms. The van der Waals surface area contributed by atoms with Crippen molar-refractivity contribution in [3.63, 3.8) is 0 Å². The van der Waals surface area contributed by atoms with Crippen LogP contribution in [0.3, 0.4) is 0 Å². The van der Waals surface area contributed by atoms with Crippen LogP contribution >= 0.6 is 11.8 Å². The van der Waals surface area contributed by atoms with Crippen LogP contribution in [0.5, 0.6) is 0 Å². The smallest absolute Gasteiger partial charge is 0.0155 e. The van der Waals surface area contributed by atoms with Gasteiger partial charge in [0, 0.05) is 17.5 Å². The SMILES string of the molecule is C=C(CN)CSC1CCCC1. The van der Waals surface area contributed by atoms with Crippen molar-refractivity contribution in [1.82, 2.24) is 0 Å². The van der Waals surface area contributed by atoms with Gasteiger partial charge in [-0.3, -0.25) is 0 Å². The zero-order chi connectivity index (χ0) is 8.10. The van der Waals surface area contributed by atoms with Crippen LogP contribution in [-0.2, 0) is 0 Å². The van der Waals surface area contributed by atoms with Crippen molar-refractivity contribution in [2.75, 3.05) is 12.3 Å². The lowest BCUT2D eigenvalue weighted by molar-refractivity contribution is 0.886. The molecule has 0 aromatic carbocycles. The van der Waals surface area contributed by atoms with E-state index >= 15 is 0 Å². The van der Waals surface area contributed by atoms with E-state index < -0.39 is 0 Å². The first-order chi connectivity index (χ1) is 5.33. The summed E-state index contributed by atoms with van der Waals surface area (Å²) in [7, 11) is 0. The van der Waals surface area contributed by atoms with Gasteiger partial charge in [0.05, 0.1) is 0 Å². The van der Waals surface area contributed by atoms with Crippen molar-refractivity contribution in [2.45, 2.75) is 30.9 Å². The molecule has 64 valence electrons. The second kappa shape index (κ2) is 4.83. The summed E-state index contributed by atoms with van der Waals surface area (Å²) in [4.78, 5) is 0. The highest BCUT2D eigenvalue weighted by Gasteiger charge is 2.14. The van der Waals surface area contributed by atoms with Gasteiger partial charge in [0.2, 0.25) is 0 Å². The van der Waals surface area contributed by atoms with Gasteiger partial charge in [-0.2, -0.15) is 11.8 Å². The highest BCUT2D eigenvalue weighted by Crippen LogP contribution is 2.29. The Labute approximate surface area is 73.4 Å². The molecule has 1 fully saturated rings. The highest BCUT2D eigenvalue weighted by atomic mass is 32.2. The van der Waals surface area contributed by atoms with Crippen molar-refractivity contribution in [1.29, 1.82) is 0 Å². The van der Waals surface area contributed by atoms with E-state index in [1.165, 1.54) is 31.3 Å². The third kappa shape index (κ3) is 3.30. The van der Waals surface area contributed by atoms with Gasteiger partial charge in [-0.1, -0.05) is 25.0 Å². The van der Waals surface area contributed by atoms with Crippen molar-refractivity contribution in [2.24, 2.45) is 5.73 Å². The fraction of sp³-hybridized carbons (Fsp3) is 0.778. The van der Waals surface area contributed by atoms with E-state index in [0.29, 0.717) is 6.54 Å². The molecular weight excluding hydrogens is 154 g/mol. The molecule has 0 saturated heterocycles. The van der Waals surface area contributed by atoms with Gasteiger partial charge in [0.25, 0.3) is 0 Å². The van der Waals surface area contributed by atoms with Crippen LogP contribution < -0.4 is 5.73 Å². The molecule has 0 aliphatic heterocycles. The third-order valence-corrected chi connectivity index (χ3v) is 3.63. The van der Waals surface area contributed by atoms with E-state index in [-0.39, 0.29) is 0 Å². The number of thioether (sulfide) groups is 1. The Morgan fingerprint density at radius 3 is 2.64 bits per heavy atom. The molecule has 0 unspecified atom stereocenters. The molecule has 2 N–H and O–H groups in total. The number of hydrogen-bond acceptors (Lipinski definition) is 2. The molecule has 1 saturated carbocycles. The molecule has 2 heteroatoms. The van der Waals surface area contributed by atoms with Crippen LogP contribution in [0, 0.1) is 0 Å². The lowest BCUT2D eigenvalue weighted by Crippen LogP contribution is -2.06. The van der Waals surface area contributed by atoms with Crippen LogP contribution in [0.1, 0.15) is 25.7 Å². The Bertz CT molecular complexity index is 128. The molecule has 0 spiro atoms. The minimum absolute atomic E-state index is 0.652. The maximum Gasteiger partial charge on any atom is 0.0155 e. The molecule has 11 heavy (non-hydrogen) atoms. The molecule has 1 aliphatic carbocycles. The number of hydrogen-bond donors (Lipinski definition) is 1. The van der Waals surface area contributed by atoms with Crippen molar-refractivity contribution in [3.8, 4) is 0 Å². The Balaban J connectivity index is 2.06. The molecule has 1 rings (SSSR count). The quantitative estimate of drug-likeness (QED) is 0.656. The summed E-state index contributed by atoms with van der Waals surface area (Å²) in [6.45, 7) is 4.54. The average Bonchev–Trinajstić information content (AvgIpc) is 2.52. The first kappa shape index (κ1) is 9.14. The highest BCUT2D eigenvalue weighted by molar-refractivity contribution is 8.00. The molecule has 0 radical (unpaired) electrons. The Kier molecular flexibility index (Phi) is 4.02. The van der Waals surface area contributed by atoms with E-state index in [1.54, 1.807) is 0 Å². The summed E-state index contributed by atoms with van der Waals surface area (Å²) < 4.78 is 0. The van der Waals surface area contributed by atoms with Crippen LogP contribution in [-0.4, -0.2) is 17.5 Å². The lowest BCUT2D eigenvalue weighted by atomic mass is 10.4. The molecular formula is C9H17NS. The maximum atomic E-state index is 5.44. The summed E-state index contributed by atoms with van der Waals surface area (Å²) in [6.07, 6.45) is 5.66. The van der Waals surface area contributed by atoms with Crippen molar-refractivity contribution < 1.29 is 0 Å². The zero-order valence-electron chi connectivity index (χ0n) is 7.01. The number of rotatable bonds is 4. The van der Waals surface area contributed by atoms with Crippen LogP contribution in [0.4, 0.5) is 0 Å². The molecule has 1 nitrogen and oxygen atoms in total. The van der Waals surface area contributed by atoms with Gasteiger partial charge in [-0.15, -0.1) is 0 Å². The van der Waals surface area contributed by atoms with Gasteiger partial charge in [-0.05, 0) is 12.8 Å². The topological polar surface area (TPSA) is 26.0 Å². The normalized spacial score (nSPS) is 19.0. The summed E-state index contributed by atoms with van der Waals surface area (Å²) in [5.41, 5.74) is 6.63. The molecule has 0 amide bonds. The van der Waals surface area contributed by atoms with Crippen LogP contribution in [0.15, 0.2) is 12.2 Å². The second-order valence-corrected chi connectivity index (χ2v) is 4.46. The first-order valence-corrected chi connectivity index (χ1v) is 5.36. The third-order valence-electron chi connectivity index (χ3n) is 2.11. The van der Waals surface area contributed by atoms with Crippen molar-refractivity contribution >= 4 is 11.8 Å². The predicted octanol–water partition coefficient (Wildman–Crippen LogP) is 2.18. The average molecular weight is 171 g/mol. The zero-order valence-corrected chi connectivity index (χ0v) is 7.83. The van der Waals surface area contributed by atoms with Crippen LogP contribution in [0.2, 0.25) is 0 Å². The van der Waals surface area contributed by atoms with E-state index in [9.17, 15) is 0 Å². The Morgan fingerprint density at radius 1 is 1.45 bits per heavy atom.